The summed E-state index contributed by atoms with van der Waals surface area (Å²) in [5.41, 5.74) is 2.97. The molecule has 1 fully saturated rings. The Bertz CT molecular complexity index is 1220. The Hall–Kier alpha value is -4.27. The molecule has 0 unspecified atom stereocenters. The first-order valence-electron chi connectivity index (χ1n) is 12.1. The Morgan fingerprint density at radius 1 is 0.892 bits per heavy atom. The van der Waals surface area contributed by atoms with Crippen LogP contribution >= 0.6 is 0 Å². The first kappa shape index (κ1) is 25.8. The number of carbonyl (C=O) groups excluding carboxylic acids is 2. The number of rotatable bonds is 9. The van der Waals surface area contributed by atoms with Crippen molar-refractivity contribution in [2.45, 2.75) is 6.92 Å². The zero-order valence-corrected chi connectivity index (χ0v) is 21.3. The molecule has 37 heavy (non-hydrogen) atoms. The molecule has 1 aromatic heterocycles. The number of hydrogen-bond acceptors (Lipinski definition) is 8. The molecule has 0 radical (unpaired) electrons. The zero-order chi connectivity index (χ0) is 26.2. The lowest BCUT2D eigenvalue weighted by Gasteiger charge is -2.36. The number of benzene rings is 2. The van der Waals surface area contributed by atoms with Crippen molar-refractivity contribution in [1.29, 1.82) is 0 Å². The van der Waals surface area contributed by atoms with Crippen LogP contribution in [0.5, 0.6) is 17.2 Å². The van der Waals surface area contributed by atoms with Gasteiger partial charge in [-0.25, -0.2) is 9.78 Å². The summed E-state index contributed by atoms with van der Waals surface area (Å²) in [5.74, 6) is 1.36. The van der Waals surface area contributed by atoms with E-state index in [1.807, 2.05) is 59.5 Å². The molecule has 2 heterocycles. The summed E-state index contributed by atoms with van der Waals surface area (Å²) in [7, 11) is 3.18. The molecule has 0 atom stereocenters. The molecule has 4 rings (SSSR count). The number of aromatic nitrogens is 1. The molecule has 194 valence electrons. The first-order valence-corrected chi connectivity index (χ1v) is 12.1. The molecule has 9 heteroatoms. The molecular formula is C28H31N3O6. The second-order valence-corrected chi connectivity index (χ2v) is 8.34. The third-order valence-electron chi connectivity index (χ3n) is 6.08. The second-order valence-electron chi connectivity index (χ2n) is 8.34. The van der Waals surface area contributed by atoms with Crippen LogP contribution in [0.2, 0.25) is 0 Å². The Kier molecular flexibility index (Phi) is 8.45. The average Bonchev–Trinajstić information content (AvgIpc) is 2.96. The van der Waals surface area contributed by atoms with E-state index >= 15 is 0 Å². The fraction of sp³-hybridized carbons (Fsp3) is 0.321. The van der Waals surface area contributed by atoms with Gasteiger partial charge in [0.1, 0.15) is 11.4 Å². The van der Waals surface area contributed by atoms with E-state index in [2.05, 4.69) is 9.88 Å². The van der Waals surface area contributed by atoms with Crippen molar-refractivity contribution in [3.8, 4) is 28.5 Å². The van der Waals surface area contributed by atoms with Crippen LogP contribution in [0.4, 0.5) is 5.69 Å². The van der Waals surface area contributed by atoms with Crippen LogP contribution in [-0.2, 0) is 9.53 Å². The van der Waals surface area contributed by atoms with Gasteiger partial charge in [0.2, 0.25) is 0 Å². The SMILES string of the molecule is CCOC(=O)COc1ccc(N2CCN(C(=O)c3cccc(-c4ccc(OC)c(OC)c4)n3)CC2)cc1. The number of pyridine rings is 1. The molecular weight excluding hydrogens is 474 g/mol. The molecule has 1 aliphatic rings. The molecule has 0 aliphatic carbocycles. The minimum atomic E-state index is -0.392. The van der Waals surface area contributed by atoms with Crippen molar-refractivity contribution in [2.24, 2.45) is 0 Å². The fourth-order valence-corrected chi connectivity index (χ4v) is 4.14. The quantitative estimate of drug-likeness (QED) is 0.407. The summed E-state index contributed by atoms with van der Waals surface area (Å²) in [5, 5.41) is 0. The maximum Gasteiger partial charge on any atom is 0.344 e. The number of carbonyl (C=O) groups is 2. The third-order valence-corrected chi connectivity index (χ3v) is 6.08. The summed E-state index contributed by atoms with van der Waals surface area (Å²) in [6.07, 6.45) is 0. The largest absolute Gasteiger partial charge is 0.493 e. The highest BCUT2D eigenvalue weighted by atomic mass is 16.6. The molecule has 1 saturated heterocycles. The van der Waals surface area contributed by atoms with Crippen molar-refractivity contribution < 1.29 is 28.5 Å². The van der Waals surface area contributed by atoms with Crippen LogP contribution in [0.25, 0.3) is 11.3 Å². The summed E-state index contributed by atoms with van der Waals surface area (Å²) in [6.45, 7) is 4.54. The average molecular weight is 506 g/mol. The maximum absolute atomic E-state index is 13.2. The zero-order valence-electron chi connectivity index (χ0n) is 21.3. The van der Waals surface area contributed by atoms with E-state index in [-0.39, 0.29) is 12.5 Å². The molecule has 0 N–H and O–H groups in total. The fourth-order valence-electron chi connectivity index (χ4n) is 4.14. The van der Waals surface area contributed by atoms with Crippen LogP contribution in [0, 0.1) is 0 Å². The van der Waals surface area contributed by atoms with Crippen molar-refractivity contribution in [2.75, 3.05) is 58.5 Å². The highest BCUT2D eigenvalue weighted by Gasteiger charge is 2.23. The van der Waals surface area contributed by atoms with Crippen molar-refractivity contribution in [3.63, 3.8) is 0 Å². The van der Waals surface area contributed by atoms with Gasteiger partial charge in [-0.2, -0.15) is 0 Å². The van der Waals surface area contributed by atoms with Gasteiger partial charge in [0, 0.05) is 37.4 Å². The predicted molar refractivity (Wildman–Crippen MR) is 139 cm³/mol. The number of hydrogen-bond donors (Lipinski definition) is 0. The third kappa shape index (κ3) is 6.30. The van der Waals surface area contributed by atoms with E-state index in [1.54, 1.807) is 27.2 Å². The van der Waals surface area contributed by atoms with E-state index < -0.39 is 5.97 Å². The van der Waals surface area contributed by atoms with Gasteiger partial charge in [-0.1, -0.05) is 6.07 Å². The van der Waals surface area contributed by atoms with Gasteiger partial charge in [0.15, 0.2) is 18.1 Å². The minimum Gasteiger partial charge on any atom is -0.493 e. The van der Waals surface area contributed by atoms with Crippen LogP contribution in [0.15, 0.2) is 60.7 Å². The Morgan fingerprint density at radius 3 is 2.30 bits per heavy atom. The molecule has 9 nitrogen and oxygen atoms in total. The number of amides is 1. The normalized spacial score (nSPS) is 13.2. The molecule has 1 aliphatic heterocycles. The Morgan fingerprint density at radius 2 is 1.62 bits per heavy atom. The maximum atomic E-state index is 13.2. The van der Waals surface area contributed by atoms with Crippen LogP contribution < -0.4 is 19.1 Å². The predicted octanol–water partition coefficient (Wildman–Crippen LogP) is 3.67. The van der Waals surface area contributed by atoms with Crippen molar-refractivity contribution in [1.82, 2.24) is 9.88 Å². The van der Waals surface area contributed by atoms with Gasteiger partial charge in [0.05, 0.1) is 26.5 Å². The van der Waals surface area contributed by atoms with Crippen LogP contribution in [-0.4, -0.2) is 75.4 Å². The minimum absolute atomic E-state index is 0.0929. The number of esters is 1. The van der Waals surface area contributed by atoms with Gasteiger partial charge >= 0.3 is 5.97 Å². The number of ether oxygens (including phenoxy) is 4. The number of anilines is 1. The van der Waals surface area contributed by atoms with Gasteiger partial charge in [0.25, 0.3) is 5.91 Å². The topological polar surface area (TPSA) is 90.4 Å². The number of methoxy groups -OCH3 is 2. The van der Waals surface area contributed by atoms with E-state index in [0.29, 0.717) is 61.4 Å². The van der Waals surface area contributed by atoms with E-state index in [1.165, 1.54) is 0 Å². The highest BCUT2D eigenvalue weighted by Crippen LogP contribution is 2.31. The number of piperazine rings is 1. The lowest BCUT2D eigenvalue weighted by molar-refractivity contribution is -0.145. The smallest absolute Gasteiger partial charge is 0.344 e. The second kappa shape index (κ2) is 12.1. The standard InChI is InChI=1S/C28H31N3O6/c1-4-36-27(32)19-37-22-11-9-21(10-12-22)30-14-16-31(17-15-30)28(33)24-7-5-6-23(29-24)20-8-13-25(34-2)26(18-20)35-3/h5-13,18H,4,14-17,19H2,1-3H3. The summed E-state index contributed by atoms with van der Waals surface area (Å²) in [6, 6.07) is 18.6. The van der Waals surface area contributed by atoms with Gasteiger partial charge in [-0.15, -0.1) is 0 Å². The van der Waals surface area contributed by atoms with Crippen molar-refractivity contribution >= 4 is 17.6 Å². The molecule has 0 bridgehead atoms. The molecule has 3 aromatic rings. The van der Waals surface area contributed by atoms with E-state index in [4.69, 9.17) is 18.9 Å². The van der Waals surface area contributed by atoms with Crippen molar-refractivity contribution in [3.05, 3.63) is 66.4 Å². The van der Waals surface area contributed by atoms with Gasteiger partial charge < -0.3 is 28.7 Å². The molecule has 0 saturated carbocycles. The number of nitrogens with zero attached hydrogens (tertiary/aromatic N) is 3. The monoisotopic (exact) mass is 505 g/mol. The molecule has 0 spiro atoms. The molecule has 2 aromatic carbocycles. The van der Waals surface area contributed by atoms with E-state index in [9.17, 15) is 9.59 Å². The Balaban J connectivity index is 1.36. The lowest BCUT2D eigenvalue weighted by atomic mass is 10.1. The van der Waals surface area contributed by atoms with E-state index in [0.717, 1.165) is 11.3 Å². The summed E-state index contributed by atoms with van der Waals surface area (Å²) in [4.78, 5) is 33.3. The summed E-state index contributed by atoms with van der Waals surface area (Å²) >= 11 is 0. The first-order chi connectivity index (χ1) is 18.0. The highest BCUT2D eigenvalue weighted by molar-refractivity contribution is 5.93. The molecule has 1 amide bonds. The Labute approximate surface area is 216 Å². The lowest BCUT2D eigenvalue weighted by Crippen LogP contribution is -2.49. The van der Waals surface area contributed by atoms with Gasteiger partial charge in [-0.3, -0.25) is 4.79 Å². The van der Waals surface area contributed by atoms with Gasteiger partial charge in [-0.05, 0) is 61.5 Å². The van der Waals surface area contributed by atoms with Crippen LogP contribution in [0.3, 0.4) is 0 Å². The van der Waals surface area contributed by atoms with Crippen LogP contribution in [0.1, 0.15) is 17.4 Å². The summed E-state index contributed by atoms with van der Waals surface area (Å²) < 4.78 is 21.0.